The van der Waals surface area contributed by atoms with E-state index in [0.29, 0.717) is 22.9 Å². The summed E-state index contributed by atoms with van der Waals surface area (Å²) in [7, 11) is 0. The molecule has 2 N–H and O–H groups in total. The summed E-state index contributed by atoms with van der Waals surface area (Å²) in [6, 6.07) is 4.00. The fourth-order valence-electron chi connectivity index (χ4n) is 7.17. The van der Waals surface area contributed by atoms with Crippen molar-refractivity contribution < 1.29 is 4.39 Å². The van der Waals surface area contributed by atoms with Gasteiger partial charge in [0, 0.05) is 36.0 Å². The van der Waals surface area contributed by atoms with E-state index in [1.54, 1.807) is 0 Å². The minimum absolute atomic E-state index is 0.276. The molecule has 168 valence electrons. The van der Waals surface area contributed by atoms with Crippen molar-refractivity contribution in [2.24, 2.45) is 40.3 Å². The molecule has 6 rings (SSSR count). The Bertz CT molecular complexity index is 1080. The van der Waals surface area contributed by atoms with Crippen LogP contribution in [-0.2, 0) is 0 Å². The van der Waals surface area contributed by atoms with Crippen molar-refractivity contribution in [3.8, 4) is 0 Å². The normalized spacial score (nSPS) is 35.8. The van der Waals surface area contributed by atoms with Gasteiger partial charge in [0.25, 0.3) is 0 Å². The Hall–Kier alpha value is -2.43. The maximum Gasteiger partial charge on any atom is 0.135 e. The predicted molar refractivity (Wildman–Crippen MR) is 128 cm³/mol. The standard InChI is InChI=1S/C27H33FN4/c1-15-5-6-19-17(11-16(2)25(15)19)12-18-13-22(29)23(30-18)14-21(28)26-20-7-8-24(31-27(20)26)32-9-3-4-10-32/h7-8,13-17,19,25H,3-6,9-12,29H2,1-2H3/b23-14+,26-21+. The minimum Gasteiger partial charge on any atom is -0.397 e. The predicted octanol–water partition coefficient (Wildman–Crippen LogP) is 5.61. The molecule has 3 fully saturated rings. The number of nitrogens with zero attached hydrogens (tertiary/aromatic N) is 3. The van der Waals surface area contributed by atoms with Crippen LogP contribution in [0.1, 0.15) is 63.6 Å². The van der Waals surface area contributed by atoms with E-state index in [1.165, 1.54) is 38.2 Å². The van der Waals surface area contributed by atoms with E-state index in [-0.39, 0.29) is 5.83 Å². The van der Waals surface area contributed by atoms with Gasteiger partial charge in [0.05, 0.1) is 17.1 Å². The van der Waals surface area contributed by atoms with Crippen LogP contribution in [0.15, 0.2) is 46.5 Å². The van der Waals surface area contributed by atoms with E-state index in [2.05, 4.69) is 23.7 Å². The molecule has 0 amide bonds. The number of aromatic nitrogens is 1. The number of anilines is 1. The first-order chi connectivity index (χ1) is 15.5. The Morgan fingerprint density at radius 3 is 2.81 bits per heavy atom. The van der Waals surface area contributed by atoms with Crippen molar-refractivity contribution >= 4 is 17.1 Å². The van der Waals surface area contributed by atoms with Crippen LogP contribution in [0.25, 0.3) is 5.57 Å². The molecule has 5 unspecified atom stereocenters. The van der Waals surface area contributed by atoms with Gasteiger partial charge < -0.3 is 10.6 Å². The molecule has 4 nitrogen and oxygen atoms in total. The van der Waals surface area contributed by atoms with Crippen LogP contribution in [0.4, 0.5) is 10.2 Å². The largest absolute Gasteiger partial charge is 0.397 e. The molecule has 2 saturated carbocycles. The fourth-order valence-corrected chi connectivity index (χ4v) is 7.17. The van der Waals surface area contributed by atoms with E-state index in [1.807, 2.05) is 18.2 Å². The fraction of sp³-hybridized carbons (Fsp3) is 0.556. The van der Waals surface area contributed by atoms with Gasteiger partial charge in [0.15, 0.2) is 0 Å². The number of nitrogens with two attached hydrogens (primary N) is 1. The zero-order valence-electron chi connectivity index (χ0n) is 19.1. The van der Waals surface area contributed by atoms with Gasteiger partial charge in [-0.25, -0.2) is 9.37 Å². The lowest BCUT2D eigenvalue weighted by Gasteiger charge is -2.20. The molecule has 1 aromatic rings. The molecule has 1 aromatic heterocycles. The average Bonchev–Trinajstić information content (AvgIpc) is 3.21. The molecule has 3 aliphatic carbocycles. The molecule has 0 spiro atoms. The number of hydrogen-bond acceptors (Lipinski definition) is 4. The second-order valence-corrected chi connectivity index (χ2v) is 10.7. The number of fused-ring (bicyclic) bond motifs is 2. The quantitative estimate of drug-likeness (QED) is 0.683. The summed E-state index contributed by atoms with van der Waals surface area (Å²) in [5.41, 5.74) is 10.7. The third kappa shape index (κ3) is 3.32. The molecular formula is C27H33FN4. The maximum atomic E-state index is 15.1. The molecule has 0 bridgehead atoms. The molecule has 0 aromatic carbocycles. The summed E-state index contributed by atoms with van der Waals surface area (Å²) < 4.78 is 15.1. The first-order valence-electron chi connectivity index (χ1n) is 12.4. The van der Waals surface area contributed by atoms with Crippen molar-refractivity contribution in [2.75, 3.05) is 18.0 Å². The Morgan fingerprint density at radius 2 is 2.00 bits per heavy atom. The lowest BCUT2D eigenvalue weighted by molar-refractivity contribution is 0.290. The van der Waals surface area contributed by atoms with E-state index >= 15 is 4.39 Å². The molecule has 5 heteroatoms. The Morgan fingerprint density at radius 1 is 1.19 bits per heavy atom. The Balaban J connectivity index is 1.18. The van der Waals surface area contributed by atoms with Gasteiger partial charge in [-0.1, -0.05) is 20.3 Å². The number of aliphatic imine (C=N–C) groups is 1. The van der Waals surface area contributed by atoms with Crippen molar-refractivity contribution in [1.29, 1.82) is 0 Å². The van der Waals surface area contributed by atoms with E-state index < -0.39 is 0 Å². The number of hydrogen-bond donors (Lipinski definition) is 1. The van der Waals surface area contributed by atoms with Gasteiger partial charge in [-0.2, -0.15) is 0 Å². The molecule has 3 heterocycles. The minimum atomic E-state index is -0.276. The number of halogens is 1. The Labute approximate surface area is 190 Å². The summed E-state index contributed by atoms with van der Waals surface area (Å²) in [5.74, 6) is 4.71. The zero-order valence-corrected chi connectivity index (χ0v) is 19.1. The number of rotatable bonds is 4. The van der Waals surface area contributed by atoms with Crippen LogP contribution in [-0.4, -0.2) is 23.8 Å². The van der Waals surface area contributed by atoms with Gasteiger partial charge in [-0.15, -0.1) is 0 Å². The van der Waals surface area contributed by atoms with Crippen molar-refractivity contribution in [1.82, 2.24) is 4.98 Å². The maximum absolute atomic E-state index is 15.1. The first kappa shape index (κ1) is 20.2. The second kappa shape index (κ2) is 7.57. The van der Waals surface area contributed by atoms with Crippen molar-refractivity contribution in [3.05, 3.63) is 52.8 Å². The highest BCUT2D eigenvalue weighted by Gasteiger charge is 2.47. The van der Waals surface area contributed by atoms with Crippen LogP contribution < -0.4 is 10.6 Å². The third-order valence-electron chi connectivity index (χ3n) is 8.65. The monoisotopic (exact) mass is 432 g/mol. The Kier molecular flexibility index (Phi) is 4.78. The summed E-state index contributed by atoms with van der Waals surface area (Å²) in [6.45, 7) is 6.92. The van der Waals surface area contributed by atoms with Crippen molar-refractivity contribution in [3.63, 3.8) is 0 Å². The highest BCUT2D eigenvalue weighted by molar-refractivity contribution is 6.02. The lowest BCUT2D eigenvalue weighted by atomic mass is 9.85. The SMILES string of the molecule is CC1CCC2C(CC3=N/C(=C/C(F)=C4/c5ccc(N6CCCC6)nc54)C(N)=C3)CC(C)C12. The second-order valence-electron chi connectivity index (χ2n) is 10.7. The van der Waals surface area contributed by atoms with Gasteiger partial charge >= 0.3 is 0 Å². The van der Waals surface area contributed by atoms with E-state index in [0.717, 1.165) is 66.0 Å². The molecule has 2 aliphatic heterocycles. The molecule has 1 saturated heterocycles. The zero-order chi connectivity index (χ0) is 22.0. The molecule has 5 aliphatic rings. The topological polar surface area (TPSA) is 54.5 Å². The molecule has 5 atom stereocenters. The smallest absolute Gasteiger partial charge is 0.135 e. The van der Waals surface area contributed by atoms with E-state index in [9.17, 15) is 0 Å². The first-order valence-corrected chi connectivity index (χ1v) is 12.4. The number of allylic oxidation sites excluding steroid dienone is 3. The highest BCUT2D eigenvalue weighted by atomic mass is 19.1. The summed E-state index contributed by atoms with van der Waals surface area (Å²) in [5, 5.41) is 0. The molecular weight excluding hydrogens is 399 g/mol. The van der Waals surface area contributed by atoms with Crippen LogP contribution in [0.2, 0.25) is 0 Å². The van der Waals surface area contributed by atoms with Gasteiger partial charge in [0.1, 0.15) is 11.6 Å². The van der Waals surface area contributed by atoms with Crippen LogP contribution in [0.3, 0.4) is 0 Å². The molecule has 0 radical (unpaired) electrons. The lowest BCUT2D eigenvalue weighted by Crippen LogP contribution is -2.18. The molecule has 32 heavy (non-hydrogen) atoms. The van der Waals surface area contributed by atoms with Gasteiger partial charge in [-0.3, -0.25) is 4.99 Å². The summed E-state index contributed by atoms with van der Waals surface area (Å²) in [6.07, 6.45) is 10.8. The highest BCUT2D eigenvalue weighted by Crippen LogP contribution is 2.54. The van der Waals surface area contributed by atoms with Crippen LogP contribution >= 0.6 is 0 Å². The number of pyridine rings is 1. The average molecular weight is 433 g/mol. The van der Waals surface area contributed by atoms with Crippen LogP contribution in [0, 0.1) is 29.6 Å². The van der Waals surface area contributed by atoms with Crippen molar-refractivity contribution in [2.45, 2.75) is 52.4 Å². The van der Waals surface area contributed by atoms with E-state index in [4.69, 9.17) is 10.7 Å². The van der Waals surface area contributed by atoms with Gasteiger partial charge in [-0.05, 0) is 79.9 Å². The van der Waals surface area contributed by atoms with Gasteiger partial charge in [0.2, 0.25) is 0 Å². The third-order valence-corrected chi connectivity index (χ3v) is 8.65. The van der Waals surface area contributed by atoms with Crippen LogP contribution in [0.5, 0.6) is 0 Å². The summed E-state index contributed by atoms with van der Waals surface area (Å²) in [4.78, 5) is 11.7. The summed E-state index contributed by atoms with van der Waals surface area (Å²) >= 11 is 0.